The van der Waals surface area contributed by atoms with Crippen molar-refractivity contribution in [3.63, 3.8) is 0 Å². The SMILES string of the molecule is CCOC(C)(C)CN=C(N)Nc1ccc2c(c1)OCCCO2. The van der Waals surface area contributed by atoms with E-state index < -0.39 is 0 Å². The second-order valence-corrected chi connectivity index (χ2v) is 5.73. The standard InChI is InChI=1S/C16H25N3O3/c1-4-22-16(2,3)11-18-15(17)19-12-6-7-13-14(10-12)21-9-5-8-20-13/h6-7,10H,4-5,8-9,11H2,1-3H3,(H3,17,18,19). The van der Waals surface area contributed by atoms with Gasteiger partial charge < -0.3 is 25.3 Å². The topological polar surface area (TPSA) is 78.1 Å². The molecule has 0 radical (unpaired) electrons. The fourth-order valence-electron chi connectivity index (χ4n) is 2.14. The molecule has 6 heteroatoms. The third-order valence-corrected chi connectivity index (χ3v) is 3.19. The van der Waals surface area contributed by atoms with Crippen LogP contribution in [0.15, 0.2) is 23.2 Å². The van der Waals surface area contributed by atoms with Crippen molar-refractivity contribution in [3.05, 3.63) is 18.2 Å². The smallest absolute Gasteiger partial charge is 0.193 e. The van der Waals surface area contributed by atoms with Gasteiger partial charge in [0.25, 0.3) is 0 Å². The number of nitrogens with one attached hydrogen (secondary N) is 1. The maximum Gasteiger partial charge on any atom is 0.193 e. The van der Waals surface area contributed by atoms with Gasteiger partial charge in [0.15, 0.2) is 17.5 Å². The van der Waals surface area contributed by atoms with Crippen molar-refractivity contribution >= 4 is 11.6 Å². The van der Waals surface area contributed by atoms with Crippen LogP contribution in [0.4, 0.5) is 5.69 Å². The van der Waals surface area contributed by atoms with Gasteiger partial charge in [0.1, 0.15) is 0 Å². The van der Waals surface area contributed by atoms with Gasteiger partial charge in [-0.05, 0) is 32.9 Å². The van der Waals surface area contributed by atoms with E-state index in [-0.39, 0.29) is 5.60 Å². The fraction of sp³-hybridized carbons (Fsp3) is 0.562. The molecule has 0 saturated heterocycles. The van der Waals surface area contributed by atoms with E-state index in [1.807, 2.05) is 39.0 Å². The first-order valence-electron chi connectivity index (χ1n) is 7.61. The van der Waals surface area contributed by atoms with Crippen molar-refractivity contribution in [2.45, 2.75) is 32.8 Å². The van der Waals surface area contributed by atoms with Crippen LogP contribution in [-0.2, 0) is 4.74 Å². The lowest BCUT2D eigenvalue weighted by atomic mass is 10.1. The zero-order valence-electron chi connectivity index (χ0n) is 13.5. The molecule has 1 aliphatic heterocycles. The summed E-state index contributed by atoms with van der Waals surface area (Å²) in [6.45, 7) is 8.41. The Morgan fingerprint density at radius 3 is 2.77 bits per heavy atom. The Morgan fingerprint density at radius 2 is 2.05 bits per heavy atom. The molecule has 0 atom stereocenters. The summed E-state index contributed by atoms with van der Waals surface area (Å²) in [4.78, 5) is 4.33. The van der Waals surface area contributed by atoms with Crippen LogP contribution in [0.5, 0.6) is 11.5 Å². The van der Waals surface area contributed by atoms with Crippen molar-refractivity contribution in [1.82, 2.24) is 0 Å². The van der Waals surface area contributed by atoms with Crippen LogP contribution in [0.25, 0.3) is 0 Å². The first kappa shape index (κ1) is 16.4. The maximum atomic E-state index is 5.93. The van der Waals surface area contributed by atoms with Gasteiger partial charge in [0.05, 0.1) is 25.4 Å². The van der Waals surface area contributed by atoms with Crippen molar-refractivity contribution in [3.8, 4) is 11.5 Å². The molecule has 1 aromatic carbocycles. The summed E-state index contributed by atoms with van der Waals surface area (Å²) in [5, 5.41) is 3.06. The van der Waals surface area contributed by atoms with E-state index in [1.54, 1.807) is 0 Å². The average Bonchev–Trinajstić information content (AvgIpc) is 2.70. The number of hydrogen-bond acceptors (Lipinski definition) is 4. The largest absolute Gasteiger partial charge is 0.490 e. The molecule has 2 rings (SSSR count). The van der Waals surface area contributed by atoms with E-state index in [0.29, 0.717) is 32.3 Å². The molecule has 0 amide bonds. The Labute approximate surface area is 131 Å². The molecule has 0 fully saturated rings. The quantitative estimate of drug-likeness (QED) is 0.645. The Morgan fingerprint density at radius 1 is 1.32 bits per heavy atom. The third-order valence-electron chi connectivity index (χ3n) is 3.19. The normalized spacial score (nSPS) is 15.3. The van der Waals surface area contributed by atoms with Crippen LogP contribution >= 0.6 is 0 Å². The van der Waals surface area contributed by atoms with Gasteiger partial charge >= 0.3 is 0 Å². The van der Waals surface area contributed by atoms with Gasteiger partial charge in [-0.2, -0.15) is 0 Å². The molecule has 0 aliphatic carbocycles. The molecular formula is C16H25N3O3. The zero-order chi connectivity index (χ0) is 16.0. The van der Waals surface area contributed by atoms with Crippen molar-refractivity contribution in [2.24, 2.45) is 10.7 Å². The molecule has 0 spiro atoms. The third kappa shape index (κ3) is 4.80. The molecule has 6 nitrogen and oxygen atoms in total. The van der Waals surface area contributed by atoms with E-state index in [0.717, 1.165) is 23.6 Å². The molecule has 1 aliphatic rings. The van der Waals surface area contributed by atoms with Gasteiger partial charge in [-0.15, -0.1) is 0 Å². The fourth-order valence-corrected chi connectivity index (χ4v) is 2.14. The van der Waals surface area contributed by atoms with Crippen LogP contribution in [-0.4, -0.2) is 37.9 Å². The highest BCUT2D eigenvalue weighted by Gasteiger charge is 2.17. The van der Waals surface area contributed by atoms with E-state index in [1.165, 1.54) is 0 Å². The second kappa shape index (κ2) is 7.35. The zero-order valence-corrected chi connectivity index (χ0v) is 13.5. The van der Waals surface area contributed by atoms with Crippen LogP contribution in [0.1, 0.15) is 27.2 Å². The first-order chi connectivity index (χ1) is 10.5. The summed E-state index contributed by atoms with van der Waals surface area (Å²) >= 11 is 0. The minimum atomic E-state index is -0.328. The summed E-state index contributed by atoms with van der Waals surface area (Å²) in [6.07, 6.45) is 0.882. The maximum absolute atomic E-state index is 5.93. The Bertz CT molecular complexity index is 529. The number of benzene rings is 1. The minimum absolute atomic E-state index is 0.328. The number of ether oxygens (including phenoxy) is 3. The molecule has 22 heavy (non-hydrogen) atoms. The van der Waals surface area contributed by atoms with E-state index >= 15 is 0 Å². The molecule has 0 bridgehead atoms. The predicted molar refractivity (Wildman–Crippen MR) is 87.9 cm³/mol. The molecule has 0 saturated carbocycles. The lowest BCUT2D eigenvalue weighted by Gasteiger charge is -2.22. The number of guanidine groups is 1. The highest BCUT2D eigenvalue weighted by molar-refractivity contribution is 5.92. The number of anilines is 1. The molecule has 1 aromatic rings. The van der Waals surface area contributed by atoms with E-state index in [4.69, 9.17) is 19.9 Å². The van der Waals surface area contributed by atoms with Gasteiger partial charge in [-0.1, -0.05) is 0 Å². The number of hydrogen-bond donors (Lipinski definition) is 2. The van der Waals surface area contributed by atoms with Crippen LogP contribution in [0, 0.1) is 0 Å². The Hall–Kier alpha value is -1.95. The molecule has 0 aromatic heterocycles. The average molecular weight is 307 g/mol. The number of fused-ring (bicyclic) bond motifs is 1. The summed E-state index contributed by atoms with van der Waals surface area (Å²) in [7, 11) is 0. The van der Waals surface area contributed by atoms with Gasteiger partial charge in [-0.25, -0.2) is 0 Å². The molecular weight excluding hydrogens is 282 g/mol. The van der Waals surface area contributed by atoms with Crippen molar-refractivity contribution in [1.29, 1.82) is 0 Å². The van der Waals surface area contributed by atoms with E-state index in [2.05, 4.69) is 10.3 Å². The molecule has 122 valence electrons. The van der Waals surface area contributed by atoms with E-state index in [9.17, 15) is 0 Å². The lowest BCUT2D eigenvalue weighted by Crippen LogP contribution is -2.31. The number of nitrogens with zero attached hydrogens (tertiary/aromatic N) is 1. The summed E-state index contributed by atoms with van der Waals surface area (Å²) in [5.74, 6) is 1.84. The van der Waals surface area contributed by atoms with Crippen LogP contribution < -0.4 is 20.5 Å². The Kier molecular flexibility index (Phi) is 5.49. The Balaban J connectivity index is 1.99. The monoisotopic (exact) mass is 307 g/mol. The number of nitrogens with two attached hydrogens (primary N) is 1. The first-order valence-corrected chi connectivity index (χ1v) is 7.61. The van der Waals surface area contributed by atoms with Gasteiger partial charge in [0.2, 0.25) is 0 Å². The molecule has 3 N–H and O–H groups in total. The summed E-state index contributed by atoms with van der Waals surface area (Å²) in [6, 6.07) is 5.64. The van der Waals surface area contributed by atoms with Crippen molar-refractivity contribution in [2.75, 3.05) is 31.7 Å². The highest BCUT2D eigenvalue weighted by Crippen LogP contribution is 2.32. The number of rotatable bonds is 5. The minimum Gasteiger partial charge on any atom is -0.490 e. The second-order valence-electron chi connectivity index (χ2n) is 5.73. The van der Waals surface area contributed by atoms with Crippen molar-refractivity contribution < 1.29 is 14.2 Å². The molecule has 0 unspecified atom stereocenters. The summed E-state index contributed by atoms with van der Waals surface area (Å²) in [5.41, 5.74) is 6.42. The van der Waals surface area contributed by atoms with Gasteiger partial charge in [-0.3, -0.25) is 4.99 Å². The number of aliphatic imine (C=N–C) groups is 1. The highest BCUT2D eigenvalue weighted by atomic mass is 16.5. The predicted octanol–water partition coefficient (Wildman–Crippen LogP) is 2.39. The molecule has 1 heterocycles. The van der Waals surface area contributed by atoms with Gasteiger partial charge in [0, 0.05) is 24.8 Å². The lowest BCUT2D eigenvalue weighted by molar-refractivity contribution is -0.00210. The van der Waals surface area contributed by atoms with Crippen LogP contribution in [0.2, 0.25) is 0 Å². The summed E-state index contributed by atoms with van der Waals surface area (Å²) < 4.78 is 16.8. The van der Waals surface area contributed by atoms with Crippen LogP contribution in [0.3, 0.4) is 0 Å².